The molecule has 1 aromatic heterocycles. The molecule has 1 saturated heterocycles. The third-order valence-electron chi connectivity index (χ3n) is 2.66. The van der Waals surface area contributed by atoms with Gasteiger partial charge in [-0.1, -0.05) is 0 Å². The number of aryl methyl sites for hydroxylation is 1. The Morgan fingerprint density at radius 3 is 3.07 bits per heavy atom. The predicted molar refractivity (Wildman–Crippen MR) is 58.8 cm³/mol. The van der Waals surface area contributed by atoms with Gasteiger partial charge in [-0.05, 0) is 12.8 Å². The van der Waals surface area contributed by atoms with E-state index in [9.17, 15) is 0 Å². The first kappa shape index (κ1) is 10.6. The zero-order valence-corrected chi connectivity index (χ0v) is 9.42. The Kier molecular flexibility index (Phi) is 3.70. The second kappa shape index (κ2) is 5.24. The van der Waals surface area contributed by atoms with Crippen molar-refractivity contribution in [2.75, 3.05) is 13.2 Å². The summed E-state index contributed by atoms with van der Waals surface area (Å²) < 4.78 is 5.33. The zero-order chi connectivity index (χ0) is 10.5. The van der Waals surface area contributed by atoms with Crippen LogP contribution in [0.25, 0.3) is 0 Å². The average molecular weight is 222 g/mol. The quantitative estimate of drug-likeness (QED) is 0.789. The minimum absolute atomic E-state index is 0.570. The first-order valence-corrected chi connectivity index (χ1v) is 6.17. The molecule has 3 nitrogen and oxygen atoms in total. The van der Waals surface area contributed by atoms with Gasteiger partial charge in [-0.3, -0.25) is 0 Å². The van der Waals surface area contributed by atoms with Crippen LogP contribution in [0.4, 0.5) is 0 Å². The molecule has 1 aliphatic rings. The summed E-state index contributed by atoms with van der Waals surface area (Å²) in [5.41, 5.74) is 1.20. The highest BCUT2D eigenvalue weighted by molar-refractivity contribution is 7.09. The highest BCUT2D eigenvalue weighted by Crippen LogP contribution is 2.28. The summed E-state index contributed by atoms with van der Waals surface area (Å²) in [6.07, 6.45) is 3.54. The van der Waals surface area contributed by atoms with E-state index in [-0.39, 0.29) is 0 Å². The van der Waals surface area contributed by atoms with Gasteiger partial charge in [0, 0.05) is 37.4 Å². The molecular weight excluding hydrogens is 208 g/mol. The van der Waals surface area contributed by atoms with Crippen molar-refractivity contribution in [3.8, 4) is 6.07 Å². The maximum absolute atomic E-state index is 8.49. The smallest absolute Gasteiger partial charge is 0.0938 e. The van der Waals surface area contributed by atoms with Crippen LogP contribution in [0.1, 0.15) is 35.9 Å². The third-order valence-corrected chi connectivity index (χ3v) is 3.59. The lowest BCUT2D eigenvalue weighted by atomic mass is 9.97. The molecule has 15 heavy (non-hydrogen) atoms. The highest BCUT2D eigenvalue weighted by atomic mass is 32.1. The molecule has 0 radical (unpaired) electrons. The van der Waals surface area contributed by atoms with E-state index in [1.807, 2.05) is 0 Å². The average Bonchev–Trinajstić information content (AvgIpc) is 2.76. The van der Waals surface area contributed by atoms with Gasteiger partial charge < -0.3 is 4.74 Å². The summed E-state index contributed by atoms with van der Waals surface area (Å²) in [6.45, 7) is 1.71. The number of hydrogen-bond donors (Lipinski definition) is 0. The van der Waals surface area contributed by atoms with Gasteiger partial charge in [-0.15, -0.1) is 11.3 Å². The lowest BCUT2D eigenvalue weighted by molar-refractivity contribution is 0.0846. The Morgan fingerprint density at radius 2 is 2.33 bits per heavy atom. The molecule has 0 unspecified atom stereocenters. The van der Waals surface area contributed by atoms with Crippen molar-refractivity contribution in [3.05, 3.63) is 16.1 Å². The molecule has 0 bridgehead atoms. The monoisotopic (exact) mass is 222 g/mol. The molecule has 1 fully saturated rings. The van der Waals surface area contributed by atoms with E-state index in [1.165, 1.54) is 5.69 Å². The van der Waals surface area contributed by atoms with Crippen molar-refractivity contribution in [1.29, 1.82) is 5.26 Å². The van der Waals surface area contributed by atoms with Crippen LogP contribution in [0.15, 0.2) is 5.38 Å². The lowest BCUT2D eigenvalue weighted by Gasteiger charge is -2.19. The van der Waals surface area contributed by atoms with Gasteiger partial charge in [0.1, 0.15) is 0 Å². The van der Waals surface area contributed by atoms with E-state index in [2.05, 4.69) is 16.4 Å². The van der Waals surface area contributed by atoms with Crippen LogP contribution in [-0.2, 0) is 11.2 Å². The SMILES string of the molecule is N#CCCc1nc(C2CCOCC2)cs1. The minimum atomic E-state index is 0.570. The van der Waals surface area contributed by atoms with Crippen LogP contribution >= 0.6 is 11.3 Å². The highest BCUT2D eigenvalue weighted by Gasteiger charge is 2.18. The van der Waals surface area contributed by atoms with Crippen LogP contribution in [-0.4, -0.2) is 18.2 Å². The maximum Gasteiger partial charge on any atom is 0.0938 e. The van der Waals surface area contributed by atoms with E-state index >= 15 is 0 Å². The lowest BCUT2D eigenvalue weighted by Crippen LogP contribution is -2.14. The fraction of sp³-hybridized carbons (Fsp3) is 0.636. The van der Waals surface area contributed by atoms with Gasteiger partial charge in [0.05, 0.1) is 16.8 Å². The molecule has 1 aliphatic heterocycles. The molecule has 80 valence electrons. The Morgan fingerprint density at radius 1 is 1.53 bits per heavy atom. The molecule has 0 saturated carbocycles. The number of thiazole rings is 1. The van der Waals surface area contributed by atoms with Crippen molar-refractivity contribution in [3.63, 3.8) is 0 Å². The second-order valence-corrected chi connectivity index (χ2v) is 4.65. The summed E-state index contributed by atoms with van der Waals surface area (Å²) in [5, 5.41) is 11.7. The summed E-state index contributed by atoms with van der Waals surface area (Å²) in [5.74, 6) is 0.575. The number of ether oxygens (including phenoxy) is 1. The normalized spacial score (nSPS) is 17.5. The van der Waals surface area contributed by atoms with Gasteiger partial charge >= 0.3 is 0 Å². The Labute approximate surface area is 93.7 Å². The van der Waals surface area contributed by atoms with E-state index in [0.29, 0.717) is 12.3 Å². The molecule has 0 aromatic carbocycles. The minimum Gasteiger partial charge on any atom is -0.381 e. The first-order chi connectivity index (χ1) is 7.40. The number of rotatable bonds is 3. The van der Waals surface area contributed by atoms with Gasteiger partial charge in [-0.2, -0.15) is 5.26 Å². The van der Waals surface area contributed by atoms with E-state index in [1.54, 1.807) is 11.3 Å². The molecule has 1 aromatic rings. The number of nitriles is 1. The largest absolute Gasteiger partial charge is 0.381 e. The van der Waals surface area contributed by atoms with Crippen LogP contribution in [0.2, 0.25) is 0 Å². The third kappa shape index (κ3) is 2.77. The van der Waals surface area contributed by atoms with Crippen molar-refractivity contribution >= 4 is 11.3 Å². The zero-order valence-electron chi connectivity index (χ0n) is 8.61. The molecule has 2 heterocycles. The van der Waals surface area contributed by atoms with Crippen molar-refractivity contribution < 1.29 is 4.74 Å². The van der Waals surface area contributed by atoms with E-state index < -0.39 is 0 Å². The summed E-state index contributed by atoms with van der Waals surface area (Å²) >= 11 is 1.68. The Balaban J connectivity index is 1.96. The fourth-order valence-electron chi connectivity index (χ4n) is 1.78. The molecule has 0 N–H and O–H groups in total. The second-order valence-electron chi connectivity index (χ2n) is 3.71. The number of aromatic nitrogens is 1. The van der Waals surface area contributed by atoms with Crippen LogP contribution < -0.4 is 0 Å². The maximum atomic E-state index is 8.49. The number of nitrogens with zero attached hydrogens (tertiary/aromatic N) is 2. The van der Waals surface area contributed by atoms with Gasteiger partial charge in [0.25, 0.3) is 0 Å². The summed E-state index contributed by atoms with van der Waals surface area (Å²) in [6, 6.07) is 2.15. The van der Waals surface area contributed by atoms with Crippen molar-refractivity contribution in [2.45, 2.75) is 31.6 Å². The van der Waals surface area contributed by atoms with E-state index in [4.69, 9.17) is 10.00 Å². The predicted octanol–water partition coefficient (Wildman–Crippen LogP) is 2.49. The molecule has 0 aliphatic carbocycles. The van der Waals surface area contributed by atoms with Gasteiger partial charge in [0.15, 0.2) is 0 Å². The molecular formula is C11H14N2OS. The fourth-order valence-corrected chi connectivity index (χ4v) is 2.66. The molecule has 0 atom stereocenters. The Bertz CT molecular complexity index is 350. The molecule has 0 spiro atoms. The van der Waals surface area contributed by atoms with Crippen molar-refractivity contribution in [1.82, 2.24) is 4.98 Å². The molecule has 4 heteroatoms. The Hall–Kier alpha value is -0.920. The summed E-state index contributed by atoms with van der Waals surface area (Å²) in [4.78, 5) is 4.58. The molecule has 0 amide bonds. The van der Waals surface area contributed by atoms with Crippen LogP contribution in [0.5, 0.6) is 0 Å². The van der Waals surface area contributed by atoms with E-state index in [0.717, 1.165) is 37.5 Å². The van der Waals surface area contributed by atoms with Gasteiger partial charge in [0.2, 0.25) is 0 Å². The van der Waals surface area contributed by atoms with Crippen LogP contribution in [0.3, 0.4) is 0 Å². The summed E-state index contributed by atoms with van der Waals surface area (Å²) in [7, 11) is 0. The molecule has 2 rings (SSSR count). The number of hydrogen-bond acceptors (Lipinski definition) is 4. The first-order valence-electron chi connectivity index (χ1n) is 5.29. The van der Waals surface area contributed by atoms with Gasteiger partial charge in [-0.25, -0.2) is 4.98 Å². The topological polar surface area (TPSA) is 45.9 Å². The van der Waals surface area contributed by atoms with Crippen molar-refractivity contribution in [2.24, 2.45) is 0 Å². The standard InChI is InChI=1S/C11H14N2OS/c12-5-1-2-11-13-10(8-15-11)9-3-6-14-7-4-9/h8-9H,1-4,6-7H2. The van der Waals surface area contributed by atoms with Crippen LogP contribution in [0, 0.1) is 11.3 Å².